The summed E-state index contributed by atoms with van der Waals surface area (Å²) in [5.74, 6) is 0.961. The van der Waals surface area contributed by atoms with E-state index in [0.717, 1.165) is 31.1 Å². The fraction of sp³-hybridized carbons (Fsp3) is 0.471. The average Bonchev–Trinajstić information content (AvgIpc) is 3.16. The molecular formula is C17H23N3O3S2. The number of thiazole rings is 1. The average molecular weight is 382 g/mol. The number of hydrogen-bond acceptors (Lipinski definition) is 6. The van der Waals surface area contributed by atoms with E-state index in [1.165, 1.54) is 0 Å². The minimum Gasteiger partial charge on any atom is -0.494 e. The van der Waals surface area contributed by atoms with Gasteiger partial charge in [-0.15, -0.1) is 11.3 Å². The number of ether oxygens (including phenoxy) is 1. The minimum atomic E-state index is -3.50. The number of nitrogens with one attached hydrogen (secondary N) is 1. The molecule has 1 saturated heterocycles. The molecular weight excluding hydrogens is 358 g/mol. The highest BCUT2D eigenvalue weighted by atomic mass is 32.2. The van der Waals surface area contributed by atoms with Gasteiger partial charge in [0, 0.05) is 31.2 Å². The Hall–Kier alpha value is -1.64. The maximum Gasteiger partial charge on any atom is 0.240 e. The predicted molar refractivity (Wildman–Crippen MR) is 99.9 cm³/mol. The van der Waals surface area contributed by atoms with E-state index in [1.54, 1.807) is 41.8 Å². The standard InChI is InChI=1S/C17H23N3O3S2/c1-2-23-15-5-7-16(8-6-15)25(21,22)19-12-14-4-3-10-20(13-14)17-18-9-11-24-17/h5-9,11,14,19H,2-4,10,12-13H2,1H3. The summed E-state index contributed by atoms with van der Waals surface area (Å²) in [4.78, 5) is 6.86. The third kappa shape index (κ3) is 4.71. The number of benzene rings is 1. The van der Waals surface area contributed by atoms with Gasteiger partial charge in [-0.1, -0.05) is 0 Å². The molecule has 1 N–H and O–H groups in total. The van der Waals surface area contributed by atoms with Gasteiger partial charge in [0.05, 0.1) is 11.5 Å². The third-order valence-corrected chi connectivity index (χ3v) is 6.49. The molecule has 1 unspecified atom stereocenters. The van der Waals surface area contributed by atoms with Gasteiger partial charge in [-0.25, -0.2) is 18.1 Å². The zero-order valence-corrected chi connectivity index (χ0v) is 15.9. The zero-order chi connectivity index (χ0) is 17.7. The Balaban J connectivity index is 1.58. The van der Waals surface area contributed by atoms with E-state index in [1.807, 2.05) is 12.3 Å². The van der Waals surface area contributed by atoms with Crippen molar-refractivity contribution in [1.29, 1.82) is 0 Å². The first-order chi connectivity index (χ1) is 12.1. The number of anilines is 1. The molecule has 2 heterocycles. The van der Waals surface area contributed by atoms with Gasteiger partial charge in [0.2, 0.25) is 10.0 Å². The largest absolute Gasteiger partial charge is 0.494 e. The van der Waals surface area contributed by atoms with Crippen molar-refractivity contribution < 1.29 is 13.2 Å². The summed E-state index contributed by atoms with van der Waals surface area (Å²) in [6.45, 7) is 4.71. The summed E-state index contributed by atoms with van der Waals surface area (Å²) in [6.07, 6.45) is 3.88. The molecule has 1 aromatic heterocycles. The quantitative estimate of drug-likeness (QED) is 0.798. The van der Waals surface area contributed by atoms with Crippen LogP contribution in [-0.4, -0.2) is 39.6 Å². The lowest BCUT2D eigenvalue weighted by atomic mass is 9.99. The second kappa shape index (κ2) is 8.16. The van der Waals surface area contributed by atoms with Gasteiger partial charge >= 0.3 is 0 Å². The lowest BCUT2D eigenvalue weighted by Crippen LogP contribution is -2.40. The van der Waals surface area contributed by atoms with Crippen LogP contribution >= 0.6 is 11.3 Å². The Morgan fingerprint density at radius 3 is 2.84 bits per heavy atom. The number of nitrogens with zero attached hydrogens (tertiary/aromatic N) is 2. The Kier molecular flexibility index (Phi) is 5.93. The number of sulfonamides is 1. The first-order valence-electron chi connectivity index (χ1n) is 8.45. The Morgan fingerprint density at radius 1 is 1.36 bits per heavy atom. The molecule has 25 heavy (non-hydrogen) atoms. The van der Waals surface area contributed by atoms with Crippen molar-refractivity contribution in [3.8, 4) is 5.75 Å². The molecule has 136 valence electrons. The van der Waals surface area contributed by atoms with E-state index in [2.05, 4.69) is 14.6 Å². The highest BCUT2D eigenvalue weighted by Gasteiger charge is 2.23. The Labute approximate surface area is 152 Å². The number of aromatic nitrogens is 1. The summed E-state index contributed by atoms with van der Waals surface area (Å²) in [6, 6.07) is 6.53. The van der Waals surface area contributed by atoms with E-state index >= 15 is 0 Å². The molecule has 0 saturated carbocycles. The van der Waals surface area contributed by atoms with Crippen LogP contribution in [0.5, 0.6) is 5.75 Å². The molecule has 1 aliphatic heterocycles. The van der Waals surface area contributed by atoms with Crippen LogP contribution in [0.3, 0.4) is 0 Å². The zero-order valence-electron chi connectivity index (χ0n) is 14.2. The number of hydrogen-bond donors (Lipinski definition) is 1. The van der Waals surface area contributed by atoms with Gasteiger partial charge < -0.3 is 9.64 Å². The fourth-order valence-corrected chi connectivity index (χ4v) is 4.77. The van der Waals surface area contributed by atoms with Gasteiger partial charge in [-0.05, 0) is 49.9 Å². The van der Waals surface area contributed by atoms with Crippen molar-refractivity contribution in [3.05, 3.63) is 35.8 Å². The normalized spacial score (nSPS) is 18.3. The van der Waals surface area contributed by atoms with Crippen LogP contribution in [0.4, 0.5) is 5.13 Å². The van der Waals surface area contributed by atoms with E-state index in [9.17, 15) is 8.42 Å². The van der Waals surface area contributed by atoms with Crippen LogP contribution in [0.1, 0.15) is 19.8 Å². The van der Waals surface area contributed by atoms with E-state index in [0.29, 0.717) is 18.9 Å². The first kappa shape index (κ1) is 18.2. The topological polar surface area (TPSA) is 71.5 Å². The first-order valence-corrected chi connectivity index (χ1v) is 10.8. The molecule has 0 amide bonds. The summed E-state index contributed by atoms with van der Waals surface area (Å²) in [5, 5.41) is 2.98. The van der Waals surface area contributed by atoms with Gasteiger partial charge in [0.25, 0.3) is 0 Å². The van der Waals surface area contributed by atoms with Gasteiger partial charge in [-0.2, -0.15) is 0 Å². The molecule has 6 nitrogen and oxygen atoms in total. The van der Waals surface area contributed by atoms with E-state index in [4.69, 9.17) is 4.74 Å². The lowest BCUT2D eigenvalue weighted by molar-refractivity contribution is 0.340. The van der Waals surface area contributed by atoms with Crippen LogP contribution in [0, 0.1) is 5.92 Å². The smallest absolute Gasteiger partial charge is 0.240 e. The molecule has 3 rings (SSSR count). The van der Waals surface area contributed by atoms with Crippen molar-refractivity contribution in [2.24, 2.45) is 5.92 Å². The SMILES string of the molecule is CCOc1ccc(S(=O)(=O)NCC2CCCN(c3nccs3)C2)cc1. The second-order valence-electron chi connectivity index (χ2n) is 6.03. The van der Waals surface area contributed by atoms with Gasteiger partial charge in [0.15, 0.2) is 5.13 Å². The van der Waals surface area contributed by atoms with Crippen LogP contribution in [0.15, 0.2) is 40.7 Å². The highest BCUT2D eigenvalue weighted by molar-refractivity contribution is 7.89. The van der Waals surface area contributed by atoms with Crippen molar-refractivity contribution in [3.63, 3.8) is 0 Å². The van der Waals surface area contributed by atoms with Crippen molar-refractivity contribution in [1.82, 2.24) is 9.71 Å². The maximum atomic E-state index is 12.5. The maximum absolute atomic E-state index is 12.5. The molecule has 2 aromatic rings. The van der Waals surface area contributed by atoms with Gasteiger partial charge in [-0.3, -0.25) is 0 Å². The van der Waals surface area contributed by atoms with Crippen LogP contribution in [-0.2, 0) is 10.0 Å². The van der Waals surface area contributed by atoms with E-state index < -0.39 is 10.0 Å². The van der Waals surface area contributed by atoms with Crippen molar-refractivity contribution >= 4 is 26.5 Å². The van der Waals surface area contributed by atoms with Crippen LogP contribution in [0.25, 0.3) is 0 Å². The van der Waals surface area contributed by atoms with Crippen LogP contribution < -0.4 is 14.4 Å². The third-order valence-electron chi connectivity index (χ3n) is 4.22. The molecule has 0 spiro atoms. The Morgan fingerprint density at radius 2 is 2.16 bits per heavy atom. The number of piperidine rings is 1. The van der Waals surface area contributed by atoms with Crippen molar-refractivity contribution in [2.75, 3.05) is 31.1 Å². The summed E-state index contributed by atoms with van der Waals surface area (Å²) in [5.41, 5.74) is 0. The van der Waals surface area contributed by atoms with Crippen LogP contribution in [0.2, 0.25) is 0 Å². The lowest BCUT2D eigenvalue weighted by Gasteiger charge is -2.32. The molecule has 0 bridgehead atoms. The number of rotatable bonds is 7. The Bertz CT molecular complexity index is 761. The van der Waals surface area contributed by atoms with E-state index in [-0.39, 0.29) is 10.8 Å². The molecule has 1 aliphatic rings. The van der Waals surface area contributed by atoms with Crippen molar-refractivity contribution in [2.45, 2.75) is 24.7 Å². The predicted octanol–water partition coefficient (Wildman–Crippen LogP) is 2.74. The summed E-state index contributed by atoms with van der Waals surface area (Å²) in [7, 11) is -3.50. The molecule has 8 heteroatoms. The summed E-state index contributed by atoms with van der Waals surface area (Å²) < 4.78 is 33.1. The second-order valence-corrected chi connectivity index (χ2v) is 8.67. The van der Waals surface area contributed by atoms with Gasteiger partial charge in [0.1, 0.15) is 5.75 Å². The highest BCUT2D eigenvalue weighted by Crippen LogP contribution is 2.25. The molecule has 1 aromatic carbocycles. The molecule has 1 atom stereocenters. The molecule has 0 radical (unpaired) electrons. The minimum absolute atomic E-state index is 0.267. The molecule has 0 aliphatic carbocycles. The summed E-state index contributed by atoms with van der Waals surface area (Å²) >= 11 is 1.62. The molecule has 1 fully saturated rings. The monoisotopic (exact) mass is 381 g/mol. The fourth-order valence-electron chi connectivity index (χ4n) is 2.97.